The van der Waals surface area contributed by atoms with Crippen LogP contribution in [-0.4, -0.2) is 25.8 Å². The summed E-state index contributed by atoms with van der Waals surface area (Å²) in [6, 6.07) is 2.36. The molecule has 19 heavy (non-hydrogen) atoms. The zero-order chi connectivity index (χ0) is 14.7. The van der Waals surface area contributed by atoms with Gasteiger partial charge in [0, 0.05) is 0 Å². The summed E-state index contributed by atoms with van der Waals surface area (Å²) >= 11 is 0. The molecule has 0 aliphatic carbocycles. The van der Waals surface area contributed by atoms with E-state index in [9.17, 15) is 17.3 Å². The van der Waals surface area contributed by atoms with E-state index in [-0.39, 0.29) is 24.6 Å². The summed E-state index contributed by atoms with van der Waals surface area (Å²) in [4.78, 5) is 0. The molecule has 0 aromatic heterocycles. The van der Waals surface area contributed by atoms with E-state index in [1.165, 1.54) is 0 Å². The summed E-state index contributed by atoms with van der Waals surface area (Å²) < 4.78 is 61.3. The van der Waals surface area contributed by atoms with Gasteiger partial charge in [0.2, 0.25) is 0 Å². The van der Waals surface area contributed by atoms with Crippen LogP contribution in [-0.2, 0) is 4.74 Å². The Bertz CT molecular complexity index is 427. The molecular formula is C12H16BF4O2-. The molecule has 0 unspecified atom stereocenters. The van der Waals surface area contributed by atoms with E-state index >= 15 is 0 Å². The van der Waals surface area contributed by atoms with E-state index in [0.29, 0.717) is 6.07 Å². The zero-order valence-corrected chi connectivity index (χ0v) is 11.1. The first-order valence-corrected chi connectivity index (χ1v) is 5.86. The van der Waals surface area contributed by atoms with Crippen molar-refractivity contribution in [2.45, 2.75) is 26.4 Å². The van der Waals surface area contributed by atoms with Crippen molar-refractivity contribution >= 4 is 12.4 Å². The molecule has 108 valence electrons. The second-order valence-corrected chi connectivity index (χ2v) is 5.07. The first-order valence-electron chi connectivity index (χ1n) is 5.86. The number of ether oxygens (including phenoxy) is 2. The zero-order valence-electron chi connectivity index (χ0n) is 11.1. The molecule has 7 heteroatoms. The Morgan fingerprint density at radius 2 is 1.74 bits per heavy atom. The fourth-order valence-corrected chi connectivity index (χ4v) is 1.41. The number of hydrogen-bond donors (Lipinski definition) is 0. The van der Waals surface area contributed by atoms with Crippen LogP contribution in [0.5, 0.6) is 5.75 Å². The van der Waals surface area contributed by atoms with Gasteiger partial charge >= 0.3 is 6.98 Å². The van der Waals surface area contributed by atoms with E-state index < -0.39 is 18.3 Å². The fraction of sp³-hybridized carbons (Fsp3) is 0.500. The Morgan fingerprint density at radius 1 is 1.11 bits per heavy atom. The van der Waals surface area contributed by atoms with Crippen LogP contribution in [0.4, 0.5) is 17.3 Å². The normalized spacial score (nSPS) is 12.6. The smallest absolute Gasteiger partial charge is 0.494 e. The topological polar surface area (TPSA) is 18.5 Å². The van der Waals surface area contributed by atoms with Crippen molar-refractivity contribution in [1.29, 1.82) is 0 Å². The summed E-state index contributed by atoms with van der Waals surface area (Å²) in [5.41, 5.74) is -1.45. The Hall–Kier alpha value is -1.24. The first-order chi connectivity index (χ1) is 8.59. The fourth-order valence-electron chi connectivity index (χ4n) is 1.41. The van der Waals surface area contributed by atoms with Crippen molar-refractivity contribution in [2.24, 2.45) is 0 Å². The minimum Gasteiger partial charge on any atom is -0.494 e. The number of hydrogen-bond acceptors (Lipinski definition) is 2. The molecular weight excluding hydrogens is 263 g/mol. The third-order valence-corrected chi connectivity index (χ3v) is 2.20. The lowest BCUT2D eigenvalue weighted by molar-refractivity contribution is -0.0162. The molecule has 0 saturated heterocycles. The van der Waals surface area contributed by atoms with Crippen molar-refractivity contribution in [3.05, 3.63) is 24.0 Å². The quantitative estimate of drug-likeness (QED) is 0.468. The predicted octanol–water partition coefficient (Wildman–Crippen LogP) is 3.07. The lowest BCUT2D eigenvalue weighted by Crippen LogP contribution is -2.36. The van der Waals surface area contributed by atoms with E-state index in [1.807, 2.05) is 20.8 Å². The van der Waals surface area contributed by atoms with Gasteiger partial charge in [0.25, 0.3) is 0 Å². The van der Waals surface area contributed by atoms with E-state index in [1.54, 1.807) is 0 Å². The number of benzene rings is 1. The monoisotopic (exact) mass is 279 g/mol. The van der Waals surface area contributed by atoms with Gasteiger partial charge in [0.05, 0.1) is 18.0 Å². The molecule has 0 spiro atoms. The van der Waals surface area contributed by atoms with Gasteiger partial charge < -0.3 is 22.4 Å². The molecule has 1 aromatic carbocycles. The molecule has 0 amide bonds. The van der Waals surface area contributed by atoms with Crippen molar-refractivity contribution < 1.29 is 26.8 Å². The molecule has 0 aliphatic heterocycles. The maximum atomic E-state index is 12.9. The van der Waals surface area contributed by atoms with Gasteiger partial charge in [-0.3, -0.25) is 0 Å². The van der Waals surface area contributed by atoms with Crippen LogP contribution in [0, 0.1) is 5.82 Å². The Kier molecular flexibility index (Phi) is 4.84. The standard InChI is InChI=1S/C12H16BF4O2/c1-12(2,3)19-7-6-18-11-5-4-9(14)8-10(11)13(15,16)17/h4-5,8H,6-7H2,1-3H3/q-1. The largest absolute Gasteiger partial charge is 0.513 e. The van der Waals surface area contributed by atoms with Gasteiger partial charge in [-0.2, -0.15) is 0 Å². The lowest BCUT2D eigenvalue weighted by atomic mass is 9.79. The van der Waals surface area contributed by atoms with Gasteiger partial charge in [-0.25, -0.2) is 4.39 Å². The van der Waals surface area contributed by atoms with Gasteiger partial charge in [-0.05, 0) is 39.0 Å². The van der Waals surface area contributed by atoms with E-state index in [2.05, 4.69) is 0 Å². The van der Waals surface area contributed by atoms with Gasteiger partial charge in [0.15, 0.2) is 0 Å². The molecule has 0 fully saturated rings. The van der Waals surface area contributed by atoms with Crippen molar-refractivity contribution in [1.82, 2.24) is 0 Å². The second-order valence-electron chi connectivity index (χ2n) is 5.07. The molecule has 0 atom stereocenters. The highest BCUT2D eigenvalue weighted by Gasteiger charge is 2.29. The predicted molar refractivity (Wildman–Crippen MR) is 66.3 cm³/mol. The first kappa shape index (κ1) is 15.8. The molecule has 0 N–H and O–H groups in total. The van der Waals surface area contributed by atoms with Crippen molar-refractivity contribution in [2.75, 3.05) is 13.2 Å². The molecule has 0 aliphatic rings. The highest BCUT2D eigenvalue weighted by Crippen LogP contribution is 2.19. The molecule has 0 radical (unpaired) electrons. The average Bonchev–Trinajstić information content (AvgIpc) is 2.23. The molecule has 2 nitrogen and oxygen atoms in total. The molecule has 0 saturated carbocycles. The number of rotatable bonds is 5. The summed E-state index contributed by atoms with van der Waals surface area (Å²) in [7, 11) is 0. The van der Waals surface area contributed by atoms with Gasteiger partial charge in [-0.1, -0.05) is 5.46 Å². The molecule has 0 heterocycles. The van der Waals surface area contributed by atoms with Gasteiger partial charge in [0.1, 0.15) is 12.4 Å². The van der Waals surface area contributed by atoms with Crippen LogP contribution in [0.15, 0.2) is 18.2 Å². The van der Waals surface area contributed by atoms with Crippen LogP contribution < -0.4 is 10.2 Å². The second kappa shape index (κ2) is 5.82. The third-order valence-electron chi connectivity index (χ3n) is 2.20. The maximum Gasteiger partial charge on any atom is 0.513 e. The summed E-state index contributed by atoms with van der Waals surface area (Å²) in [6.07, 6.45) is 0. The van der Waals surface area contributed by atoms with Crippen LogP contribution >= 0.6 is 0 Å². The van der Waals surface area contributed by atoms with Crippen LogP contribution in [0.3, 0.4) is 0 Å². The van der Waals surface area contributed by atoms with Crippen LogP contribution in [0.2, 0.25) is 0 Å². The minimum atomic E-state index is -5.31. The third kappa shape index (κ3) is 5.51. The highest BCUT2D eigenvalue weighted by atomic mass is 19.4. The average molecular weight is 279 g/mol. The maximum absolute atomic E-state index is 12.9. The summed E-state index contributed by atoms with van der Waals surface area (Å²) in [5, 5.41) is 0. The van der Waals surface area contributed by atoms with Crippen LogP contribution in [0.25, 0.3) is 0 Å². The molecule has 1 aromatic rings. The van der Waals surface area contributed by atoms with E-state index in [4.69, 9.17) is 9.47 Å². The summed E-state index contributed by atoms with van der Waals surface area (Å²) in [6.45, 7) is 0.310. The number of halogens is 4. The SMILES string of the molecule is CC(C)(C)OCCOc1ccc(F)cc1[B-](F)(F)F. The van der Waals surface area contributed by atoms with E-state index in [0.717, 1.165) is 12.1 Å². The Labute approximate surface area is 109 Å². The lowest BCUT2D eigenvalue weighted by Gasteiger charge is -2.22. The minimum absolute atomic E-state index is 0.0257. The van der Waals surface area contributed by atoms with Gasteiger partial charge in [-0.15, -0.1) is 0 Å². The molecule has 1 rings (SSSR count). The Balaban J connectivity index is 2.68. The molecule has 0 bridgehead atoms. The summed E-state index contributed by atoms with van der Waals surface area (Å²) in [5.74, 6) is -1.31. The highest BCUT2D eigenvalue weighted by molar-refractivity contribution is 6.74. The van der Waals surface area contributed by atoms with Crippen molar-refractivity contribution in [3.63, 3.8) is 0 Å². The Morgan fingerprint density at radius 3 is 2.26 bits per heavy atom. The van der Waals surface area contributed by atoms with Crippen LogP contribution in [0.1, 0.15) is 20.8 Å². The van der Waals surface area contributed by atoms with Crippen molar-refractivity contribution in [3.8, 4) is 5.75 Å².